The number of pyridine rings is 1. The summed E-state index contributed by atoms with van der Waals surface area (Å²) < 4.78 is 6.24. The predicted octanol–water partition coefficient (Wildman–Crippen LogP) is 7.81. The number of carbonyl (C=O) groups excluding carboxylic acids is 2. The number of nitrogens with zero attached hydrogens (tertiary/aromatic N) is 4. The molecule has 0 unspecified atom stereocenters. The van der Waals surface area contributed by atoms with Gasteiger partial charge in [0.2, 0.25) is 0 Å². The zero-order valence-electron chi connectivity index (χ0n) is 29.3. The summed E-state index contributed by atoms with van der Waals surface area (Å²) in [5.74, 6) is 1.02. The number of rotatable bonds is 8. The number of ether oxygens (including phenoxy) is 1. The number of nitrogens with one attached hydrogen (secondary N) is 2. The Morgan fingerprint density at radius 3 is 2.10 bits per heavy atom. The van der Waals surface area contributed by atoms with Crippen LogP contribution in [0.5, 0.6) is 5.75 Å². The van der Waals surface area contributed by atoms with E-state index in [-0.39, 0.29) is 17.5 Å². The lowest BCUT2D eigenvalue weighted by Gasteiger charge is -2.45. The number of carbonyl (C=O) groups is 2. The number of piperidine rings is 1. The Kier molecular flexibility index (Phi) is 10.8. The molecule has 10 nitrogen and oxygen atoms in total. The third-order valence-electron chi connectivity index (χ3n) is 9.44. The van der Waals surface area contributed by atoms with E-state index in [0.717, 1.165) is 16.8 Å². The summed E-state index contributed by atoms with van der Waals surface area (Å²) in [4.78, 5) is 44.3. The number of benzene rings is 2. The molecule has 0 saturated carbocycles. The number of urea groups is 1. The number of halogens is 2. The zero-order valence-corrected chi connectivity index (χ0v) is 30.8. The van der Waals surface area contributed by atoms with Crippen molar-refractivity contribution in [1.82, 2.24) is 25.6 Å². The molecule has 0 radical (unpaired) electrons. The van der Waals surface area contributed by atoms with Gasteiger partial charge in [-0.25, -0.2) is 9.59 Å². The van der Waals surface area contributed by atoms with Crippen LogP contribution in [0.15, 0.2) is 65.8 Å². The third kappa shape index (κ3) is 7.37. The molecule has 2 aromatic carbocycles. The van der Waals surface area contributed by atoms with Gasteiger partial charge in [-0.15, -0.1) is 5.06 Å². The summed E-state index contributed by atoms with van der Waals surface area (Å²) in [7, 11) is 0. The molecule has 3 aromatic rings. The van der Waals surface area contributed by atoms with Gasteiger partial charge in [-0.3, -0.25) is 14.9 Å². The Balaban J connectivity index is 1.63. The molecule has 2 atom stereocenters. The monoisotopic (exact) mass is 708 g/mol. The van der Waals surface area contributed by atoms with Crippen molar-refractivity contribution in [1.29, 1.82) is 0 Å². The molecule has 2 aliphatic rings. The van der Waals surface area contributed by atoms with Crippen molar-refractivity contribution >= 4 is 41.2 Å². The maximum absolute atomic E-state index is 14.9. The molecule has 1 aromatic heterocycles. The van der Waals surface area contributed by atoms with Crippen LogP contribution in [-0.2, 0) is 21.3 Å². The molecule has 0 spiro atoms. The molecule has 1 saturated heterocycles. The molecule has 0 aliphatic carbocycles. The van der Waals surface area contributed by atoms with Gasteiger partial charge in [0, 0.05) is 59.1 Å². The number of hydrogen-bond donors (Lipinski definition) is 2. The molecule has 1 fully saturated rings. The molecular weight excluding hydrogens is 663 g/mol. The molecule has 0 bridgehead atoms. The van der Waals surface area contributed by atoms with Crippen LogP contribution in [0.3, 0.4) is 0 Å². The van der Waals surface area contributed by atoms with E-state index in [4.69, 9.17) is 42.8 Å². The SMILES string of the molecule is CCNC(=O)ON1CCC(NC(=O)N2C(c3cnc(C(C)(C)C)cc3OCC)=N[C@@](C)(c3ccc(Cl)cc3)[C@@]2(C)c2ccc(Cl)cc2)CC1. The summed E-state index contributed by atoms with van der Waals surface area (Å²) in [5.41, 5.74) is 0.892. The van der Waals surface area contributed by atoms with E-state index in [9.17, 15) is 9.59 Å². The molecule has 2 aliphatic heterocycles. The van der Waals surface area contributed by atoms with Gasteiger partial charge in [0.25, 0.3) is 0 Å². The summed E-state index contributed by atoms with van der Waals surface area (Å²) in [6, 6.07) is 16.6. The van der Waals surface area contributed by atoms with Gasteiger partial charge in [-0.05, 0) is 75.9 Å². The molecule has 2 N–H and O–H groups in total. The van der Waals surface area contributed by atoms with E-state index < -0.39 is 17.2 Å². The Morgan fingerprint density at radius 2 is 1.55 bits per heavy atom. The molecule has 5 rings (SSSR count). The van der Waals surface area contributed by atoms with Gasteiger partial charge in [0.05, 0.1) is 12.2 Å². The van der Waals surface area contributed by atoms with Crippen molar-refractivity contribution in [2.75, 3.05) is 26.2 Å². The van der Waals surface area contributed by atoms with E-state index in [1.54, 1.807) is 16.2 Å². The van der Waals surface area contributed by atoms with Crippen LogP contribution in [0, 0.1) is 0 Å². The van der Waals surface area contributed by atoms with Crippen LogP contribution in [-0.4, -0.2) is 65.2 Å². The Hall–Kier alpha value is -3.86. The third-order valence-corrected chi connectivity index (χ3v) is 9.95. The predicted molar refractivity (Wildman–Crippen MR) is 193 cm³/mol. The number of aliphatic imine (C=N–C) groups is 1. The van der Waals surface area contributed by atoms with E-state index >= 15 is 0 Å². The van der Waals surface area contributed by atoms with Crippen LogP contribution in [0.2, 0.25) is 10.0 Å². The van der Waals surface area contributed by atoms with Crippen molar-refractivity contribution in [3.8, 4) is 5.75 Å². The van der Waals surface area contributed by atoms with Crippen LogP contribution < -0.4 is 15.4 Å². The van der Waals surface area contributed by atoms with Crippen LogP contribution in [0.25, 0.3) is 0 Å². The second-order valence-corrected chi connectivity index (χ2v) is 14.6. The Labute approximate surface area is 299 Å². The molecule has 3 amide bonds. The smallest absolute Gasteiger partial charge is 0.426 e. The van der Waals surface area contributed by atoms with E-state index in [1.165, 1.54) is 0 Å². The molecular formula is C37H46Cl2N6O4. The Morgan fingerprint density at radius 1 is 0.959 bits per heavy atom. The van der Waals surface area contributed by atoms with Crippen molar-refractivity contribution < 1.29 is 19.2 Å². The standard InChI is InChI=1S/C37H46Cl2N6O4/c1-8-40-34(47)49-44-20-18-28(19-21-44)42-33(46)45-32(29-23-41-31(35(3,4)5)22-30(29)48-9-2)43-36(6,24-10-14-26(38)15-11-24)37(45,7)25-12-16-27(39)17-13-25/h10-17,22-23,28H,8-9,18-21H2,1-7H3,(H,40,47)(H,42,46)/t36-,37+/m0/s1. The first-order chi connectivity index (χ1) is 23.2. The second kappa shape index (κ2) is 14.5. The Bertz CT molecular complexity index is 1690. The van der Waals surface area contributed by atoms with Gasteiger partial charge in [0.15, 0.2) is 0 Å². The summed E-state index contributed by atoms with van der Waals surface area (Å²) in [6.07, 6.45) is 2.45. The van der Waals surface area contributed by atoms with E-state index in [1.807, 2.05) is 82.3 Å². The number of hydroxylamine groups is 2. The zero-order chi connectivity index (χ0) is 35.6. The average Bonchev–Trinajstić information content (AvgIpc) is 3.30. The maximum atomic E-state index is 14.9. The highest BCUT2D eigenvalue weighted by atomic mass is 35.5. The minimum Gasteiger partial charge on any atom is -0.493 e. The topological polar surface area (TPSA) is 108 Å². The lowest BCUT2D eigenvalue weighted by Crippen LogP contribution is -2.59. The normalized spacial score (nSPS) is 21.7. The first-order valence-corrected chi connectivity index (χ1v) is 17.5. The fourth-order valence-electron chi connectivity index (χ4n) is 6.50. The quantitative estimate of drug-likeness (QED) is 0.247. The fraction of sp³-hybridized carbons (Fsp3) is 0.459. The van der Waals surface area contributed by atoms with Crippen LogP contribution in [0.1, 0.15) is 83.7 Å². The van der Waals surface area contributed by atoms with Gasteiger partial charge >= 0.3 is 12.1 Å². The van der Waals surface area contributed by atoms with Gasteiger partial charge in [0.1, 0.15) is 22.7 Å². The van der Waals surface area contributed by atoms with E-state index in [0.29, 0.717) is 66.3 Å². The van der Waals surface area contributed by atoms with Crippen molar-refractivity contribution in [2.45, 2.75) is 83.8 Å². The second-order valence-electron chi connectivity index (χ2n) is 13.7. The highest BCUT2D eigenvalue weighted by Crippen LogP contribution is 2.53. The summed E-state index contributed by atoms with van der Waals surface area (Å²) >= 11 is 12.7. The lowest BCUT2D eigenvalue weighted by molar-refractivity contribution is -0.114. The van der Waals surface area contributed by atoms with Crippen molar-refractivity contribution in [2.24, 2.45) is 4.99 Å². The largest absolute Gasteiger partial charge is 0.493 e. The molecule has 12 heteroatoms. The first kappa shape index (κ1) is 36.4. The van der Waals surface area contributed by atoms with Gasteiger partial charge in [-0.1, -0.05) is 68.2 Å². The van der Waals surface area contributed by atoms with Gasteiger partial charge < -0.3 is 20.2 Å². The average molecular weight is 710 g/mol. The number of amidine groups is 1. The summed E-state index contributed by atoms with van der Waals surface area (Å²) in [6.45, 7) is 16.0. The van der Waals surface area contributed by atoms with Crippen LogP contribution in [0.4, 0.5) is 9.59 Å². The minimum absolute atomic E-state index is 0.174. The minimum atomic E-state index is -1.06. The van der Waals surface area contributed by atoms with Crippen molar-refractivity contribution in [3.05, 3.63) is 93.2 Å². The fourth-order valence-corrected chi connectivity index (χ4v) is 6.75. The highest BCUT2D eigenvalue weighted by molar-refractivity contribution is 6.30. The molecule has 49 heavy (non-hydrogen) atoms. The van der Waals surface area contributed by atoms with Gasteiger partial charge in [-0.2, -0.15) is 0 Å². The molecule has 3 heterocycles. The summed E-state index contributed by atoms with van der Waals surface area (Å²) in [5, 5.41) is 8.75. The van der Waals surface area contributed by atoms with Crippen molar-refractivity contribution in [3.63, 3.8) is 0 Å². The first-order valence-electron chi connectivity index (χ1n) is 16.8. The number of hydrogen-bond acceptors (Lipinski definition) is 7. The lowest BCUT2D eigenvalue weighted by atomic mass is 9.71. The van der Waals surface area contributed by atoms with E-state index in [2.05, 4.69) is 31.4 Å². The maximum Gasteiger partial charge on any atom is 0.426 e. The van der Waals surface area contributed by atoms with Crippen LogP contribution >= 0.6 is 23.2 Å². The number of aromatic nitrogens is 1. The number of amides is 3. The highest BCUT2D eigenvalue weighted by Gasteiger charge is 2.60. The molecule has 262 valence electrons.